The van der Waals surface area contributed by atoms with Gasteiger partial charge in [0.1, 0.15) is 0 Å². The maximum Gasteiger partial charge on any atom is 0.274 e. The van der Waals surface area contributed by atoms with Crippen LogP contribution in [0.1, 0.15) is 5.69 Å². The lowest BCUT2D eigenvalue weighted by Crippen LogP contribution is -2.20. The molecule has 2 rings (SSSR count). The third kappa shape index (κ3) is 1.35. The molecule has 0 radical (unpaired) electrons. The van der Waals surface area contributed by atoms with Crippen LogP contribution in [0.5, 0.6) is 0 Å². The van der Waals surface area contributed by atoms with E-state index in [1.807, 2.05) is 25.1 Å². The number of nitrogens with zero attached hydrogens (tertiary/aromatic N) is 2. The van der Waals surface area contributed by atoms with Gasteiger partial charge in [0.25, 0.3) is 5.56 Å². The van der Waals surface area contributed by atoms with Gasteiger partial charge < -0.3 is 0 Å². The molecular weight excluding hydrogens is 244 g/mol. The molecule has 72 valence electrons. The highest BCUT2D eigenvalue weighted by Crippen LogP contribution is 2.18. The minimum absolute atomic E-state index is 0.0631. The van der Waals surface area contributed by atoms with Crippen LogP contribution in [-0.4, -0.2) is 9.78 Å². The molecule has 4 heteroatoms. The van der Waals surface area contributed by atoms with E-state index in [2.05, 4.69) is 21.0 Å². The maximum absolute atomic E-state index is 11.7. The van der Waals surface area contributed by atoms with Crippen LogP contribution in [0, 0.1) is 6.92 Å². The van der Waals surface area contributed by atoms with E-state index in [0.717, 1.165) is 15.6 Å². The van der Waals surface area contributed by atoms with E-state index in [1.54, 1.807) is 7.05 Å². The lowest BCUT2D eigenvalue weighted by atomic mass is 10.1. The van der Waals surface area contributed by atoms with Crippen molar-refractivity contribution in [3.8, 4) is 0 Å². The second kappa shape index (κ2) is 3.20. The van der Waals surface area contributed by atoms with Crippen molar-refractivity contribution < 1.29 is 0 Å². The van der Waals surface area contributed by atoms with Gasteiger partial charge >= 0.3 is 0 Å². The summed E-state index contributed by atoms with van der Waals surface area (Å²) in [5.41, 5.74) is 0.807. The Morgan fingerprint density at radius 2 is 2.07 bits per heavy atom. The fourth-order valence-electron chi connectivity index (χ4n) is 1.51. The Kier molecular flexibility index (Phi) is 2.15. The topological polar surface area (TPSA) is 34.9 Å². The molecule has 0 saturated heterocycles. The molecule has 0 aliphatic rings. The van der Waals surface area contributed by atoms with Gasteiger partial charge in [0.15, 0.2) is 0 Å². The van der Waals surface area contributed by atoms with E-state index in [0.29, 0.717) is 5.39 Å². The van der Waals surface area contributed by atoms with Gasteiger partial charge in [0.05, 0.1) is 11.1 Å². The van der Waals surface area contributed by atoms with Crippen LogP contribution in [0.15, 0.2) is 27.5 Å². The van der Waals surface area contributed by atoms with E-state index in [-0.39, 0.29) is 5.56 Å². The average Bonchev–Trinajstić information content (AvgIpc) is 2.14. The van der Waals surface area contributed by atoms with Gasteiger partial charge in [0.2, 0.25) is 0 Å². The molecule has 14 heavy (non-hydrogen) atoms. The number of hydrogen-bond acceptors (Lipinski definition) is 2. The summed E-state index contributed by atoms with van der Waals surface area (Å²) in [6, 6.07) is 5.64. The predicted molar refractivity (Wildman–Crippen MR) is 59.4 cm³/mol. The van der Waals surface area contributed by atoms with Gasteiger partial charge in [0, 0.05) is 16.9 Å². The standard InChI is InChI=1S/C10H9BrN2O/c1-6-8-4-3-7(11)5-9(8)10(14)13(2)12-6/h3-5H,1-2H3. The zero-order chi connectivity index (χ0) is 10.3. The van der Waals surface area contributed by atoms with Crippen molar-refractivity contribution in [1.29, 1.82) is 0 Å². The minimum Gasteiger partial charge on any atom is -0.267 e. The maximum atomic E-state index is 11.7. The van der Waals surface area contributed by atoms with E-state index < -0.39 is 0 Å². The fourth-order valence-corrected chi connectivity index (χ4v) is 1.87. The summed E-state index contributed by atoms with van der Waals surface area (Å²) >= 11 is 3.35. The summed E-state index contributed by atoms with van der Waals surface area (Å²) in [5, 5.41) is 5.74. The molecule has 0 saturated carbocycles. The minimum atomic E-state index is -0.0631. The molecule has 1 aromatic heterocycles. The predicted octanol–water partition coefficient (Wildman–Crippen LogP) is 2.00. The molecule has 0 aliphatic carbocycles. The Labute approximate surface area is 89.5 Å². The molecule has 0 bridgehead atoms. The zero-order valence-corrected chi connectivity index (χ0v) is 9.50. The molecule has 0 aliphatic heterocycles. The van der Waals surface area contributed by atoms with E-state index >= 15 is 0 Å². The molecule has 3 nitrogen and oxygen atoms in total. The Morgan fingerprint density at radius 1 is 1.36 bits per heavy atom. The van der Waals surface area contributed by atoms with Crippen LogP contribution in [-0.2, 0) is 7.05 Å². The van der Waals surface area contributed by atoms with Gasteiger partial charge in [-0.05, 0) is 19.1 Å². The van der Waals surface area contributed by atoms with Gasteiger partial charge in [-0.2, -0.15) is 5.10 Å². The summed E-state index contributed by atoms with van der Waals surface area (Å²) in [5.74, 6) is 0. The van der Waals surface area contributed by atoms with Crippen LogP contribution in [0.2, 0.25) is 0 Å². The lowest BCUT2D eigenvalue weighted by molar-refractivity contribution is 0.704. The van der Waals surface area contributed by atoms with Crippen LogP contribution in [0.4, 0.5) is 0 Å². The van der Waals surface area contributed by atoms with Crippen LogP contribution in [0.3, 0.4) is 0 Å². The van der Waals surface area contributed by atoms with Crippen molar-refractivity contribution in [2.75, 3.05) is 0 Å². The highest BCUT2D eigenvalue weighted by atomic mass is 79.9. The zero-order valence-electron chi connectivity index (χ0n) is 7.91. The van der Waals surface area contributed by atoms with Crippen molar-refractivity contribution in [2.24, 2.45) is 7.05 Å². The van der Waals surface area contributed by atoms with Crippen LogP contribution in [0.25, 0.3) is 10.8 Å². The summed E-state index contributed by atoms with van der Waals surface area (Å²) in [4.78, 5) is 11.7. The molecule has 1 aromatic carbocycles. The van der Waals surface area contributed by atoms with Crippen LogP contribution < -0.4 is 5.56 Å². The average molecular weight is 253 g/mol. The number of aromatic nitrogens is 2. The second-order valence-electron chi connectivity index (χ2n) is 3.20. The Bertz CT molecular complexity index is 560. The lowest BCUT2D eigenvalue weighted by Gasteiger charge is -2.04. The van der Waals surface area contributed by atoms with Crippen molar-refractivity contribution in [3.63, 3.8) is 0 Å². The van der Waals surface area contributed by atoms with Crippen molar-refractivity contribution in [3.05, 3.63) is 38.7 Å². The van der Waals surface area contributed by atoms with Crippen molar-refractivity contribution >= 4 is 26.7 Å². The smallest absolute Gasteiger partial charge is 0.267 e. The Morgan fingerprint density at radius 3 is 2.79 bits per heavy atom. The first-order valence-corrected chi connectivity index (χ1v) is 5.02. The summed E-state index contributed by atoms with van der Waals surface area (Å²) in [6.45, 7) is 1.90. The number of halogens is 1. The highest BCUT2D eigenvalue weighted by Gasteiger charge is 2.05. The van der Waals surface area contributed by atoms with Crippen LogP contribution >= 0.6 is 15.9 Å². The molecule has 1 heterocycles. The van der Waals surface area contributed by atoms with Crippen molar-refractivity contribution in [1.82, 2.24) is 9.78 Å². The number of aryl methyl sites for hydroxylation is 2. The third-order valence-corrected chi connectivity index (χ3v) is 2.69. The summed E-state index contributed by atoms with van der Waals surface area (Å²) in [6.07, 6.45) is 0. The van der Waals surface area contributed by atoms with E-state index in [9.17, 15) is 4.79 Å². The molecule has 2 aromatic rings. The molecule has 0 spiro atoms. The molecule has 0 atom stereocenters. The first-order valence-electron chi connectivity index (χ1n) is 4.23. The molecule has 0 unspecified atom stereocenters. The highest BCUT2D eigenvalue weighted by molar-refractivity contribution is 9.10. The first kappa shape index (κ1) is 9.40. The molecule has 0 N–H and O–H groups in total. The summed E-state index contributed by atoms with van der Waals surface area (Å²) < 4.78 is 2.28. The molecule has 0 amide bonds. The quantitative estimate of drug-likeness (QED) is 0.719. The summed E-state index contributed by atoms with van der Waals surface area (Å²) in [7, 11) is 1.66. The monoisotopic (exact) mass is 252 g/mol. The van der Waals surface area contributed by atoms with Gasteiger partial charge in [-0.25, -0.2) is 4.68 Å². The SMILES string of the molecule is Cc1nn(C)c(=O)c2cc(Br)ccc12. The third-order valence-electron chi connectivity index (χ3n) is 2.20. The number of fused-ring (bicyclic) bond motifs is 1. The first-order chi connectivity index (χ1) is 6.59. The number of hydrogen-bond donors (Lipinski definition) is 0. The number of benzene rings is 1. The largest absolute Gasteiger partial charge is 0.274 e. The van der Waals surface area contributed by atoms with Gasteiger partial charge in [-0.1, -0.05) is 22.0 Å². The van der Waals surface area contributed by atoms with Gasteiger partial charge in [-0.15, -0.1) is 0 Å². The van der Waals surface area contributed by atoms with E-state index in [4.69, 9.17) is 0 Å². The fraction of sp³-hybridized carbons (Fsp3) is 0.200. The Balaban J connectivity index is 3.03. The normalized spacial score (nSPS) is 10.8. The van der Waals surface area contributed by atoms with Crippen molar-refractivity contribution in [2.45, 2.75) is 6.92 Å². The van der Waals surface area contributed by atoms with Gasteiger partial charge in [-0.3, -0.25) is 4.79 Å². The molecule has 0 fully saturated rings. The number of rotatable bonds is 0. The molecular formula is C10H9BrN2O. The van der Waals surface area contributed by atoms with E-state index in [1.165, 1.54) is 4.68 Å². The Hall–Kier alpha value is -1.16. The second-order valence-corrected chi connectivity index (χ2v) is 4.12.